The Kier molecular flexibility index (Phi) is 12.2. The highest BCUT2D eigenvalue weighted by Crippen LogP contribution is 2.06. The average molecular weight is 463 g/mol. The van der Waals surface area contributed by atoms with Gasteiger partial charge in [0, 0.05) is 25.7 Å². The van der Waals surface area contributed by atoms with Crippen LogP contribution in [-0.4, -0.2) is 48.0 Å². The van der Waals surface area contributed by atoms with Gasteiger partial charge in [-0.2, -0.15) is 0 Å². The molecule has 0 fully saturated rings. The lowest BCUT2D eigenvalue weighted by Gasteiger charge is -2.17. The quantitative estimate of drug-likeness (QED) is 0.299. The van der Waals surface area contributed by atoms with Gasteiger partial charge in [-0.05, 0) is 30.9 Å². The van der Waals surface area contributed by atoms with E-state index in [1.165, 1.54) is 43.0 Å². The van der Waals surface area contributed by atoms with Crippen molar-refractivity contribution >= 4 is 29.4 Å². The molecule has 33 heavy (non-hydrogen) atoms. The van der Waals surface area contributed by atoms with Crippen LogP contribution in [0.4, 0.5) is 5.69 Å². The Labute approximate surface area is 193 Å². The zero-order valence-corrected chi connectivity index (χ0v) is 19.7. The second-order valence-electron chi connectivity index (χ2n) is 7.59. The highest BCUT2D eigenvalue weighted by Gasteiger charge is 2.20. The molecule has 182 valence electrons. The van der Waals surface area contributed by atoms with E-state index in [-0.39, 0.29) is 24.6 Å². The van der Waals surface area contributed by atoms with Crippen molar-refractivity contribution in [3.63, 3.8) is 0 Å². The molecular weight excluding hydrogens is 428 g/mol. The lowest BCUT2D eigenvalue weighted by Crippen LogP contribution is -2.44. The van der Waals surface area contributed by atoms with E-state index in [4.69, 9.17) is 0 Å². The number of aromatic nitrogens is 1. The smallest absolute Gasteiger partial charge is 0.330 e. The van der Waals surface area contributed by atoms with Crippen LogP contribution >= 0.6 is 0 Å². The number of allylic oxidation sites excluding steroid dienone is 1. The van der Waals surface area contributed by atoms with E-state index in [0.29, 0.717) is 18.9 Å². The maximum atomic E-state index is 12.7. The normalized spacial score (nSPS) is 11.8. The van der Waals surface area contributed by atoms with Gasteiger partial charge in [0.15, 0.2) is 0 Å². The Morgan fingerprint density at radius 1 is 1.18 bits per heavy atom. The van der Waals surface area contributed by atoms with E-state index in [0.717, 1.165) is 12.8 Å². The summed E-state index contributed by atoms with van der Waals surface area (Å²) in [5.74, 6) is -1.42. The molecule has 0 saturated heterocycles. The van der Waals surface area contributed by atoms with Crippen molar-refractivity contribution in [2.75, 3.05) is 19.0 Å². The maximum Gasteiger partial charge on any atom is 0.330 e. The molecule has 0 aliphatic carbocycles. The third-order valence-electron chi connectivity index (χ3n) is 5.11. The summed E-state index contributed by atoms with van der Waals surface area (Å²) in [6.07, 6.45) is 6.66. The van der Waals surface area contributed by atoms with Crippen LogP contribution in [0, 0.1) is 5.92 Å². The van der Waals surface area contributed by atoms with Crippen molar-refractivity contribution in [3.05, 3.63) is 40.8 Å². The van der Waals surface area contributed by atoms with E-state index in [1.54, 1.807) is 6.07 Å². The van der Waals surface area contributed by atoms with E-state index >= 15 is 0 Å². The second kappa shape index (κ2) is 14.6. The van der Waals surface area contributed by atoms with Gasteiger partial charge in [0.05, 0.1) is 7.11 Å². The molecule has 1 aromatic rings. The molecule has 0 aliphatic heterocycles. The first-order valence-corrected chi connectivity index (χ1v) is 11.0. The van der Waals surface area contributed by atoms with Crippen molar-refractivity contribution in [1.82, 2.24) is 15.2 Å². The second-order valence-corrected chi connectivity index (χ2v) is 7.59. The number of hydrogen-bond donors (Lipinski definition) is 3. The Hall–Kier alpha value is -3.43. The maximum absolute atomic E-state index is 12.7. The number of nitrogens with one attached hydrogen (secondary N) is 3. The number of hydrogen-bond acceptors (Lipinski definition) is 6. The van der Waals surface area contributed by atoms with Gasteiger partial charge < -0.3 is 25.3 Å². The number of nitrogens with zero attached hydrogens (tertiary/aromatic N) is 1. The van der Waals surface area contributed by atoms with Crippen molar-refractivity contribution in [2.24, 2.45) is 5.92 Å². The number of anilines is 1. The molecule has 3 N–H and O–H groups in total. The molecule has 1 heterocycles. The predicted molar refractivity (Wildman–Crippen MR) is 124 cm³/mol. The molecular formula is C23H34N4O6. The number of amides is 3. The molecule has 1 aromatic heterocycles. The number of rotatable bonds is 13. The van der Waals surface area contributed by atoms with Crippen molar-refractivity contribution in [1.29, 1.82) is 0 Å². The van der Waals surface area contributed by atoms with Gasteiger partial charge in [-0.1, -0.05) is 32.8 Å². The third-order valence-corrected chi connectivity index (χ3v) is 5.11. The number of pyridine rings is 1. The van der Waals surface area contributed by atoms with Gasteiger partial charge in [-0.3, -0.25) is 19.2 Å². The largest absolute Gasteiger partial charge is 0.466 e. The van der Waals surface area contributed by atoms with Crippen molar-refractivity contribution in [2.45, 2.75) is 59.0 Å². The Morgan fingerprint density at radius 2 is 1.88 bits per heavy atom. The molecule has 0 bridgehead atoms. The van der Waals surface area contributed by atoms with Crippen LogP contribution in [0.3, 0.4) is 0 Å². The standard InChI is InChI=1S/C23H34N4O6/c1-5-17(6-2)14-24-20(29)15-27-13-9-11-19(23(27)32)26-22(31)18(25-16(3)28)10-7-8-12-21(30)33-4/h8-9,11-13,17-18H,5-7,10,14-15H2,1-4H3,(H,24,29)(H,25,28)(H,26,31). The van der Waals surface area contributed by atoms with Crippen LogP contribution in [0.15, 0.2) is 35.3 Å². The minimum Gasteiger partial charge on any atom is -0.466 e. The molecule has 1 rings (SSSR count). The third kappa shape index (κ3) is 10.2. The first kappa shape index (κ1) is 27.6. The summed E-state index contributed by atoms with van der Waals surface area (Å²) in [4.78, 5) is 60.3. The predicted octanol–water partition coefficient (Wildman–Crippen LogP) is 1.35. The van der Waals surface area contributed by atoms with E-state index in [9.17, 15) is 24.0 Å². The summed E-state index contributed by atoms with van der Waals surface area (Å²) in [5, 5.41) is 7.89. The van der Waals surface area contributed by atoms with Gasteiger partial charge in [-0.25, -0.2) is 4.79 Å². The summed E-state index contributed by atoms with van der Waals surface area (Å²) in [5.41, 5.74) is -0.536. The number of ether oxygens (including phenoxy) is 1. The molecule has 3 amide bonds. The van der Waals surface area contributed by atoms with Gasteiger partial charge in [-0.15, -0.1) is 0 Å². The Bertz CT molecular complexity index is 904. The summed E-state index contributed by atoms with van der Waals surface area (Å²) >= 11 is 0. The summed E-state index contributed by atoms with van der Waals surface area (Å²) in [6, 6.07) is 2.07. The molecule has 10 nitrogen and oxygen atoms in total. The molecule has 0 aliphatic rings. The van der Waals surface area contributed by atoms with Crippen LogP contribution < -0.4 is 21.5 Å². The number of carbonyl (C=O) groups is 4. The topological polar surface area (TPSA) is 136 Å². The zero-order chi connectivity index (χ0) is 24.8. The van der Waals surface area contributed by atoms with Crippen LogP contribution in [-0.2, 0) is 30.5 Å². The summed E-state index contributed by atoms with van der Waals surface area (Å²) < 4.78 is 5.71. The fourth-order valence-corrected chi connectivity index (χ4v) is 3.05. The number of methoxy groups -OCH3 is 1. The lowest BCUT2D eigenvalue weighted by atomic mass is 10.0. The van der Waals surface area contributed by atoms with Crippen LogP contribution in [0.25, 0.3) is 0 Å². The minimum atomic E-state index is -0.916. The molecule has 0 saturated carbocycles. The molecule has 10 heteroatoms. The number of carbonyl (C=O) groups excluding carboxylic acids is 4. The highest BCUT2D eigenvalue weighted by atomic mass is 16.5. The lowest BCUT2D eigenvalue weighted by molar-refractivity contribution is -0.134. The fraction of sp³-hybridized carbons (Fsp3) is 0.522. The minimum absolute atomic E-state index is 0.00394. The Balaban J connectivity index is 2.83. The molecule has 1 unspecified atom stereocenters. The first-order chi connectivity index (χ1) is 15.7. The zero-order valence-electron chi connectivity index (χ0n) is 19.7. The summed E-state index contributed by atoms with van der Waals surface area (Å²) in [7, 11) is 1.25. The van der Waals surface area contributed by atoms with Gasteiger partial charge in [0.2, 0.25) is 17.7 Å². The molecule has 0 aromatic carbocycles. The first-order valence-electron chi connectivity index (χ1n) is 11.0. The molecule has 0 spiro atoms. The van der Waals surface area contributed by atoms with Crippen LogP contribution in [0.2, 0.25) is 0 Å². The molecule has 0 radical (unpaired) electrons. The monoisotopic (exact) mass is 462 g/mol. The van der Waals surface area contributed by atoms with Gasteiger partial charge in [0.25, 0.3) is 5.56 Å². The molecule has 1 atom stereocenters. The fourth-order valence-electron chi connectivity index (χ4n) is 3.05. The van der Waals surface area contributed by atoms with E-state index in [1.807, 2.05) is 0 Å². The van der Waals surface area contributed by atoms with Crippen molar-refractivity contribution < 1.29 is 23.9 Å². The van der Waals surface area contributed by atoms with Crippen LogP contribution in [0.5, 0.6) is 0 Å². The highest BCUT2D eigenvalue weighted by molar-refractivity contribution is 5.96. The average Bonchev–Trinajstić information content (AvgIpc) is 2.78. The van der Waals surface area contributed by atoms with Gasteiger partial charge >= 0.3 is 5.97 Å². The SMILES string of the molecule is CCC(CC)CNC(=O)Cn1cccc(NC(=O)C(CCC=CC(=O)OC)NC(C)=O)c1=O. The van der Waals surface area contributed by atoms with Crippen molar-refractivity contribution in [3.8, 4) is 0 Å². The number of esters is 1. The van der Waals surface area contributed by atoms with E-state index < -0.39 is 29.4 Å². The van der Waals surface area contributed by atoms with Gasteiger partial charge in [0.1, 0.15) is 18.3 Å². The Morgan fingerprint density at radius 3 is 2.48 bits per heavy atom. The summed E-state index contributed by atoms with van der Waals surface area (Å²) in [6.45, 7) is 5.76. The van der Waals surface area contributed by atoms with E-state index in [2.05, 4.69) is 34.5 Å². The van der Waals surface area contributed by atoms with Crippen LogP contribution in [0.1, 0.15) is 46.5 Å².